The van der Waals surface area contributed by atoms with Gasteiger partial charge in [-0.1, -0.05) is 53.7 Å². The summed E-state index contributed by atoms with van der Waals surface area (Å²) in [7, 11) is 1.95. The first-order valence-electron chi connectivity index (χ1n) is 8.78. The number of carbonyl (C=O) groups is 1. The van der Waals surface area contributed by atoms with Crippen LogP contribution >= 0.6 is 0 Å². The molecule has 1 atom stereocenters. The molecule has 132 valence electrons. The zero-order chi connectivity index (χ0) is 17.9. The Kier molecular flexibility index (Phi) is 4.44. The van der Waals surface area contributed by atoms with E-state index in [4.69, 9.17) is 4.84 Å². The molecule has 1 N–H and O–H groups in total. The van der Waals surface area contributed by atoms with Crippen LogP contribution in [-0.2, 0) is 18.3 Å². The van der Waals surface area contributed by atoms with Gasteiger partial charge in [-0.25, -0.2) is 0 Å². The molecule has 0 bridgehead atoms. The molecule has 1 aliphatic rings. The molecule has 1 aromatic heterocycles. The van der Waals surface area contributed by atoms with E-state index in [0.29, 0.717) is 12.1 Å². The van der Waals surface area contributed by atoms with E-state index in [1.807, 2.05) is 60.3 Å². The highest BCUT2D eigenvalue weighted by Crippen LogP contribution is 2.20. The molecule has 5 nitrogen and oxygen atoms in total. The molecule has 2 aromatic carbocycles. The Balaban J connectivity index is 1.35. The third-order valence-corrected chi connectivity index (χ3v) is 4.69. The minimum atomic E-state index is -0.0870. The summed E-state index contributed by atoms with van der Waals surface area (Å²) in [6.45, 7) is 0.410. The van der Waals surface area contributed by atoms with Crippen LogP contribution in [0.5, 0.6) is 0 Å². The van der Waals surface area contributed by atoms with Crippen LogP contribution in [0.3, 0.4) is 0 Å². The van der Waals surface area contributed by atoms with Crippen LogP contribution in [0.25, 0.3) is 10.9 Å². The van der Waals surface area contributed by atoms with Crippen molar-refractivity contribution >= 4 is 22.5 Å². The SMILES string of the molecule is Cn1cc(C(=O)NCC2=NOC(Cc3ccccc3)C2)c2ccccc21. The molecule has 1 amide bonds. The molecule has 0 spiro atoms. The number of hydrogen-bond donors (Lipinski definition) is 1. The number of para-hydroxylation sites is 1. The standard InChI is InChI=1S/C21H21N3O2/c1-24-14-19(18-9-5-6-10-20(18)24)21(25)22-13-16-12-17(26-23-16)11-15-7-3-2-4-8-15/h2-10,14,17H,11-13H2,1H3,(H,22,25). The number of nitrogens with one attached hydrogen (secondary N) is 1. The van der Waals surface area contributed by atoms with E-state index in [9.17, 15) is 4.79 Å². The van der Waals surface area contributed by atoms with Crippen molar-refractivity contribution in [1.29, 1.82) is 0 Å². The Morgan fingerprint density at radius 3 is 2.81 bits per heavy atom. The van der Waals surface area contributed by atoms with Crippen molar-refractivity contribution in [2.45, 2.75) is 18.9 Å². The summed E-state index contributed by atoms with van der Waals surface area (Å²) in [4.78, 5) is 18.1. The molecule has 1 unspecified atom stereocenters. The minimum Gasteiger partial charge on any atom is -0.392 e. The molecule has 0 saturated carbocycles. The molecular weight excluding hydrogens is 326 g/mol. The van der Waals surface area contributed by atoms with E-state index >= 15 is 0 Å². The molecular formula is C21H21N3O2. The molecule has 26 heavy (non-hydrogen) atoms. The molecule has 1 aliphatic heterocycles. The lowest BCUT2D eigenvalue weighted by Crippen LogP contribution is -2.29. The average Bonchev–Trinajstić information content (AvgIpc) is 3.25. The van der Waals surface area contributed by atoms with Gasteiger partial charge in [-0.15, -0.1) is 0 Å². The number of benzene rings is 2. The largest absolute Gasteiger partial charge is 0.392 e. The lowest BCUT2D eigenvalue weighted by molar-refractivity contribution is 0.0859. The second-order valence-corrected chi connectivity index (χ2v) is 6.63. The van der Waals surface area contributed by atoms with Crippen molar-refractivity contribution < 1.29 is 9.63 Å². The van der Waals surface area contributed by atoms with E-state index in [2.05, 4.69) is 22.6 Å². The van der Waals surface area contributed by atoms with Gasteiger partial charge in [0.15, 0.2) is 0 Å². The van der Waals surface area contributed by atoms with Crippen LogP contribution in [0.2, 0.25) is 0 Å². The first-order chi connectivity index (χ1) is 12.7. The Labute approximate surface area is 152 Å². The maximum atomic E-state index is 12.6. The van der Waals surface area contributed by atoms with Crippen molar-refractivity contribution in [3.05, 3.63) is 71.9 Å². The fraction of sp³-hybridized carbons (Fsp3) is 0.238. The van der Waals surface area contributed by atoms with E-state index in [1.165, 1.54) is 5.56 Å². The molecule has 4 rings (SSSR count). The first-order valence-corrected chi connectivity index (χ1v) is 8.78. The number of hydrogen-bond acceptors (Lipinski definition) is 3. The molecule has 0 fully saturated rings. The lowest BCUT2D eigenvalue weighted by Gasteiger charge is -2.08. The summed E-state index contributed by atoms with van der Waals surface area (Å²) in [5.41, 5.74) is 3.83. The van der Waals surface area contributed by atoms with Crippen molar-refractivity contribution in [2.24, 2.45) is 12.2 Å². The van der Waals surface area contributed by atoms with E-state index in [-0.39, 0.29) is 12.0 Å². The van der Waals surface area contributed by atoms with Gasteiger partial charge in [-0.2, -0.15) is 0 Å². The van der Waals surface area contributed by atoms with Crippen molar-refractivity contribution in [2.75, 3.05) is 6.54 Å². The number of rotatable bonds is 5. The number of aryl methyl sites for hydroxylation is 1. The maximum Gasteiger partial charge on any atom is 0.253 e. The van der Waals surface area contributed by atoms with Crippen molar-refractivity contribution in [3.63, 3.8) is 0 Å². The van der Waals surface area contributed by atoms with Gasteiger partial charge in [0, 0.05) is 37.0 Å². The third-order valence-electron chi connectivity index (χ3n) is 4.69. The topological polar surface area (TPSA) is 55.6 Å². The van der Waals surface area contributed by atoms with Crippen LogP contribution in [0.15, 0.2) is 65.9 Å². The van der Waals surface area contributed by atoms with Crippen molar-refractivity contribution in [1.82, 2.24) is 9.88 Å². The Morgan fingerprint density at radius 1 is 1.19 bits per heavy atom. The van der Waals surface area contributed by atoms with Crippen LogP contribution in [0.1, 0.15) is 22.3 Å². The number of oxime groups is 1. The molecule has 5 heteroatoms. The lowest BCUT2D eigenvalue weighted by atomic mass is 10.0. The molecule has 2 heterocycles. The number of nitrogens with zero attached hydrogens (tertiary/aromatic N) is 2. The summed E-state index contributed by atoms with van der Waals surface area (Å²) in [6, 6.07) is 18.1. The predicted molar refractivity (Wildman–Crippen MR) is 102 cm³/mol. The third kappa shape index (κ3) is 3.33. The number of amides is 1. The van der Waals surface area contributed by atoms with Gasteiger partial charge in [0.2, 0.25) is 0 Å². The first kappa shape index (κ1) is 16.4. The number of aromatic nitrogens is 1. The second-order valence-electron chi connectivity index (χ2n) is 6.63. The smallest absolute Gasteiger partial charge is 0.253 e. The van der Waals surface area contributed by atoms with Crippen LogP contribution < -0.4 is 5.32 Å². The Morgan fingerprint density at radius 2 is 1.96 bits per heavy atom. The second kappa shape index (κ2) is 7.04. The van der Waals surface area contributed by atoms with Gasteiger partial charge < -0.3 is 14.7 Å². The normalized spacial score (nSPS) is 16.3. The van der Waals surface area contributed by atoms with Gasteiger partial charge in [0.05, 0.1) is 17.8 Å². The predicted octanol–water partition coefficient (Wildman–Crippen LogP) is 3.30. The zero-order valence-corrected chi connectivity index (χ0v) is 14.7. The molecule has 0 radical (unpaired) electrons. The molecule has 0 aliphatic carbocycles. The maximum absolute atomic E-state index is 12.6. The zero-order valence-electron chi connectivity index (χ0n) is 14.7. The fourth-order valence-corrected chi connectivity index (χ4v) is 3.38. The van der Waals surface area contributed by atoms with Crippen LogP contribution in [0.4, 0.5) is 0 Å². The highest BCUT2D eigenvalue weighted by Gasteiger charge is 2.22. The summed E-state index contributed by atoms with van der Waals surface area (Å²) >= 11 is 0. The highest BCUT2D eigenvalue weighted by molar-refractivity contribution is 6.08. The molecule has 0 saturated heterocycles. The Hall–Kier alpha value is -3.08. The van der Waals surface area contributed by atoms with Gasteiger partial charge in [-0.05, 0) is 11.6 Å². The van der Waals surface area contributed by atoms with Gasteiger partial charge in [-0.3, -0.25) is 4.79 Å². The summed E-state index contributed by atoms with van der Waals surface area (Å²) in [5, 5.41) is 8.07. The van der Waals surface area contributed by atoms with E-state index < -0.39 is 0 Å². The van der Waals surface area contributed by atoms with Crippen LogP contribution in [0, 0.1) is 0 Å². The fourth-order valence-electron chi connectivity index (χ4n) is 3.38. The van der Waals surface area contributed by atoms with Gasteiger partial charge in [0.1, 0.15) is 6.10 Å². The highest BCUT2D eigenvalue weighted by atomic mass is 16.6. The van der Waals surface area contributed by atoms with Crippen molar-refractivity contribution in [3.8, 4) is 0 Å². The van der Waals surface area contributed by atoms with Gasteiger partial charge >= 0.3 is 0 Å². The van der Waals surface area contributed by atoms with E-state index in [1.54, 1.807) is 0 Å². The summed E-state index contributed by atoms with van der Waals surface area (Å²) in [6.07, 6.45) is 3.47. The number of fused-ring (bicyclic) bond motifs is 1. The Bertz CT molecular complexity index is 960. The van der Waals surface area contributed by atoms with Gasteiger partial charge in [0.25, 0.3) is 5.91 Å². The van der Waals surface area contributed by atoms with E-state index in [0.717, 1.165) is 29.5 Å². The summed E-state index contributed by atoms with van der Waals surface area (Å²) in [5.74, 6) is -0.0870. The average molecular weight is 347 g/mol. The quantitative estimate of drug-likeness (QED) is 0.770. The summed E-state index contributed by atoms with van der Waals surface area (Å²) < 4.78 is 1.97. The number of carbonyl (C=O) groups excluding carboxylic acids is 1. The van der Waals surface area contributed by atoms with Crippen LogP contribution in [-0.4, -0.2) is 28.8 Å². The minimum absolute atomic E-state index is 0.0434. The monoisotopic (exact) mass is 347 g/mol. The molecule has 3 aromatic rings.